The van der Waals surface area contributed by atoms with Crippen LogP contribution in [0.1, 0.15) is 32.4 Å². The van der Waals surface area contributed by atoms with Gasteiger partial charge in [-0.25, -0.2) is 0 Å². The number of hydrogen-bond acceptors (Lipinski definition) is 2. The van der Waals surface area contributed by atoms with E-state index in [9.17, 15) is 0 Å². The molecule has 1 aromatic heterocycles. The number of pyridine rings is 1. The van der Waals surface area contributed by atoms with Gasteiger partial charge in [0.15, 0.2) is 0 Å². The third-order valence-corrected chi connectivity index (χ3v) is 3.00. The summed E-state index contributed by atoms with van der Waals surface area (Å²) in [5, 5.41) is 3.59. The van der Waals surface area contributed by atoms with E-state index in [4.69, 9.17) is 0 Å². The van der Waals surface area contributed by atoms with Crippen molar-refractivity contribution in [3.63, 3.8) is 0 Å². The standard InChI is InChI=1S/C11H15BrN2/c1-8(2)14-11(5-6-11)10-4-3-9(12)7-13-10/h3-4,7-8,14H,5-6H2,1-2H3. The van der Waals surface area contributed by atoms with Gasteiger partial charge in [0.1, 0.15) is 0 Å². The van der Waals surface area contributed by atoms with Crippen molar-refractivity contribution in [1.29, 1.82) is 0 Å². The molecule has 2 rings (SSSR count). The molecule has 0 bridgehead atoms. The van der Waals surface area contributed by atoms with Crippen LogP contribution in [0.3, 0.4) is 0 Å². The van der Waals surface area contributed by atoms with Gasteiger partial charge >= 0.3 is 0 Å². The van der Waals surface area contributed by atoms with Crippen molar-refractivity contribution in [2.45, 2.75) is 38.3 Å². The second kappa shape index (κ2) is 3.63. The maximum absolute atomic E-state index is 4.46. The van der Waals surface area contributed by atoms with Crippen LogP contribution in [0.4, 0.5) is 0 Å². The summed E-state index contributed by atoms with van der Waals surface area (Å²) in [6.07, 6.45) is 4.29. The zero-order valence-electron chi connectivity index (χ0n) is 8.55. The third-order valence-electron chi connectivity index (χ3n) is 2.53. The Hall–Kier alpha value is -0.410. The quantitative estimate of drug-likeness (QED) is 0.898. The SMILES string of the molecule is CC(C)NC1(c2ccc(Br)cn2)CC1. The molecule has 2 nitrogen and oxygen atoms in total. The minimum absolute atomic E-state index is 0.175. The Morgan fingerprint density at radius 1 is 1.43 bits per heavy atom. The second-order valence-electron chi connectivity index (χ2n) is 4.24. The fraction of sp³-hybridized carbons (Fsp3) is 0.545. The van der Waals surface area contributed by atoms with Gasteiger partial charge < -0.3 is 5.32 Å². The minimum atomic E-state index is 0.175. The van der Waals surface area contributed by atoms with E-state index in [-0.39, 0.29) is 5.54 Å². The van der Waals surface area contributed by atoms with Crippen LogP contribution in [-0.4, -0.2) is 11.0 Å². The molecule has 1 heterocycles. The topological polar surface area (TPSA) is 24.9 Å². The largest absolute Gasteiger partial charge is 0.304 e. The van der Waals surface area contributed by atoms with Crippen molar-refractivity contribution in [3.05, 3.63) is 28.5 Å². The summed E-state index contributed by atoms with van der Waals surface area (Å²) in [7, 11) is 0. The van der Waals surface area contributed by atoms with E-state index >= 15 is 0 Å². The normalized spacial score (nSPS) is 18.6. The van der Waals surface area contributed by atoms with Gasteiger partial charge in [-0.2, -0.15) is 0 Å². The first kappa shape index (κ1) is 10.1. The highest BCUT2D eigenvalue weighted by Crippen LogP contribution is 2.44. The highest BCUT2D eigenvalue weighted by atomic mass is 79.9. The molecule has 0 spiro atoms. The summed E-state index contributed by atoms with van der Waals surface area (Å²) in [6.45, 7) is 4.36. The van der Waals surface area contributed by atoms with Crippen LogP contribution in [0.2, 0.25) is 0 Å². The lowest BCUT2D eigenvalue weighted by atomic mass is 10.1. The fourth-order valence-corrected chi connectivity index (χ4v) is 2.05. The zero-order valence-corrected chi connectivity index (χ0v) is 10.1. The molecule has 1 N–H and O–H groups in total. The van der Waals surface area contributed by atoms with Crippen LogP contribution in [0.5, 0.6) is 0 Å². The van der Waals surface area contributed by atoms with Gasteiger partial charge in [0.2, 0.25) is 0 Å². The monoisotopic (exact) mass is 254 g/mol. The molecule has 0 aliphatic heterocycles. The highest BCUT2D eigenvalue weighted by molar-refractivity contribution is 9.10. The maximum Gasteiger partial charge on any atom is 0.0612 e. The molecular weight excluding hydrogens is 240 g/mol. The van der Waals surface area contributed by atoms with E-state index in [0.717, 1.165) is 4.47 Å². The number of hydrogen-bond donors (Lipinski definition) is 1. The number of rotatable bonds is 3. The first-order chi connectivity index (χ1) is 6.62. The molecule has 0 atom stereocenters. The molecule has 0 saturated heterocycles. The van der Waals surface area contributed by atoms with Crippen molar-refractivity contribution in [2.75, 3.05) is 0 Å². The first-order valence-corrected chi connectivity index (χ1v) is 5.81. The van der Waals surface area contributed by atoms with Crippen molar-refractivity contribution in [3.8, 4) is 0 Å². The molecule has 0 amide bonds. The van der Waals surface area contributed by atoms with Gasteiger partial charge in [-0.15, -0.1) is 0 Å². The van der Waals surface area contributed by atoms with Crippen LogP contribution in [0, 0.1) is 0 Å². The first-order valence-electron chi connectivity index (χ1n) is 5.02. The number of nitrogens with one attached hydrogen (secondary N) is 1. The Morgan fingerprint density at radius 3 is 2.57 bits per heavy atom. The van der Waals surface area contributed by atoms with Crippen molar-refractivity contribution >= 4 is 15.9 Å². The van der Waals surface area contributed by atoms with Gasteiger partial charge in [-0.05, 0) is 54.8 Å². The molecule has 0 unspecified atom stereocenters. The Bertz CT molecular complexity index is 315. The van der Waals surface area contributed by atoms with Gasteiger partial charge in [0, 0.05) is 16.7 Å². The van der Waals surface area contributed by atoms with Crippen molar-refractivity contribution in [2.24, 2.45) is 0 Å². The summed E-state index contributed by atoms with van der Waals surface area (Å²) in [5.41, 5.74) is 1.35. The molecule has 14 heavy (non-hydrogen) atoms. The molecule has 1 saturated carbocycles. The van der Waals surface area contributed by atoms with Gasteiger partial charge in [0.25, 0.3) is 0 Å². The molecule has 1 aromatic rings. The minimum Gasteiger partial charge on any atom is -0.304 e. The molecule has 1 aliphatic rings. The van der Waals surface area contributed by atoms with E-state index in [0.29, 0.717) is 6.04 Å². The summed E-state index contributed by atoms with van der Waals surface area (Å²) in [5.74, 6) is 0. The zero-order chi connectivity index (χ0) is 10.2. The molecule has 1 fully saturated rings. The highest BCUT2D eigenvalue weighted by Gasteiger charge is 2.45. The summed E-state index contributed by atoms with van der Waals surface area (Å²) in [6, 6.07) is 4.68. The van der Waals surface area contributed by atoms with Crippen LogP contribution in [0.15, 0.2) is 22.8 Å². The van der Waals surface area contributed by atoms with E-state index < -0.39 is 0 Å². The predicted octanol–water partition coefficient (Wildman–Crippen LogP) is 2.83. The molecule has 76 valence electrons. The van der Waals surface area contributed by atoms with Gasteiger partial charge in [0.05, 0.1) is 11.2 Å². The average Bonchev–Trinajstić information content (AvgIpc) is 2.85. The maximum atomic E-state index is 4.46. The molecule has 3 heteroatoms. The lowest BCUT2D eigenvalue weighted by Crippen LogP contribution is -2.35. The molecule has 0 aromatic carbocycles. The van der Waals surface area contributed by atoms with E-state index in [1.54, 1.807) is 0 Å². The average molecular weight is 255 g/mol. The summed E-state index contributed by atoms with van der Waals surface area (Å²) >= 11 is 3.40. The van der Waals surface area contributed by atoms with Gasteiger partial charge in [-0.3, -0.25) is 4.98 Å². The third kappa shape index (κ3) is 1.98. The Labute approximate surface area is 93.3 Å². The fourth-order valence-electron chi connectivity index (χ4n) is 1.81. The van der Waals surface area contributed by atoms with Crippen LogP contribution < -0.4 is 5.32 Å². The van der Waals surface area contributed by atoms with E-state index in [1.807, 2.05) is 6.20 Å². The molecule has 1 aliphatic carbocycles. The second-order valence-corrected chi connectivity index (χ2v) is 5.16. The Morgan fingerprint density at radius 2 is 2.14 bits per heavy atom. The Balaban J connectivity index is 2.18. The van der Waals surface area contributed by atoms with Crippen molar-refractivity contribution in [1.82, 2.24) is 10.3 Å². The van der Waals surface area contributed by atoms with Gasteiger partial charge in [-0.1, -0.05) is 0 Å². The predicted molar refractivity (Wildman–Crippen MR) is 61.1 cm³/mol. The Kier molecular flexibility index (Phi) is 2.62. The molecule has 0 radical (unpaired) electrons. The van der Waals surface area contributed by atoms with Crippen LogP contribution in [0.25, 0.3) is 0 Å². The smallest absolute Gasteiger partial charge is 0.0612 e. The number of nitrogens with zero attached hydrogens (tertiary/aromatic N) is 1. The summed E-state index contributed by atoms with van der Waals surface area (Å²) in [4.78, 5) is 4.46. The lowest BCUT2D eigenvalue weighted by molar-refractivity contribution is 0.452. The van der Waals surface area contributed by atoms with Crippen LogP contribution >= 0.6 is 15.9 Å². The van der Waals surface area contributed by atoms with Crippen molar-refractivity contribution < 1.29 is 0 Å². The number of halogens is 1. The number of aromatic nitrogens is 1. The molecular formula is C11H15BrN2. The van der Waals surface area contributed by atoms with Crippen LogP contribution in [-0.2, 0) is 5.54 Å². The van der Waals surface area contributed by atoms with E-state index in [2.05, 4.69) is 52.2 Å². The summed E-state index contributed by atoms with van der Waals surface area (Å²) < 4.78 is 1.04. The lowest BCUT2D eigenvalue weighted by Gasteiger charge is -2.19. The van der Waals surface area contributed by atoms with E-state index in [1.165, 1.54) is 18.5 Å².